The van der Waals surface area contributed by atoms with Crippen LogP contribution in [-0.2, 0) is 0 Å². The van der Waals surface area contributed by atoms with Crippen LogP contribution in [0.5, 0.6) is 0 Å². The van der Waals surface area contributed by atoms with E-state index in [4.69, 9.17) is 0 Å². The van der Waals surface area contributed by atoms with Gasteiger partial charge in [-0.25, -0.2) is 0 Å². The zero-order valence-corrected chi connectivity index (χ0v) is 12.9. The number of carbonyl (C=O) groups excluding carboxylic acids is 1. The van der Waals surface area contributed by atoms with E-state index in [9.17, 15) is 4.79 Å². The van der Waals surface area contributed by atoms with E-state index in [-0.39, 0.29) is 5.91 Å². The summed E-state index contributed by atoms with van der Waals surface area (Å²) < 4.78 is 0. The van der Waals surface area contributed by atoms with E-state index in [0.29, 0.717) is 11.7 Å². The monoisotopic (exact) mass is 291 g/mol. The lowest BCUT2D eigenvalue weighted by molar-refractivity contribution is 0.0957. The summed E-state index contributed by atoms with van der Waals surface area (Å²) in [6.07, 6.45) is 4.77. The van der Waals surface area contributed by atoms with Gasteiger partial charge in [0, 0.05) is 26.2 Å². The van der Waals surface area contributed by atoms with Crippen molar-refractivity contribution in [3.8, 4) is 0 Å². The predicted molar refractivity (Wildman–Crippen MR) is 83.6 cm³/mol. The van der Waals surface area contributed by atoms with Crippen molar-refractivity contribution in [2.45, 2.75) is 38.6 Å². The average molecular weight is 291 g/mol. The zero-order chi connectivity index (χ0) is 15.1. The molecule has 1 aromatic rings. The van der Waals surface area contributed by atoms with Gasteiger partial charge in [0.1, 0.15) is 0 Å². The second-order valence-corrected chi connectivity index (χ2v) is 5.40. The lowest BCUT2D eigenvalue weighted by Gasteiger charge is -2.36. The van der Waals surface area contributed by atoms with Crippen LogP contribution in [0.3, 0.4) is 0 Å². The Balaban J connectivity index is 2.04. The minimum absolute atomic E-state index is 0.200. The molecule has 21 heavy (non-hydrogen) atoms. The molecule has 2 N–H and O–H groups in total. The molecule has 1 fully saturated rings. The molecule has 0 aromatic carbocycles. The van der Waals surface area contributed by atoms with Crippen molar-refractivity contribution < 1.29 is 4.79 Å². The van der Waals surface area contributed by atoms with Gasteiger partial charge >= 0.3 is 0 Å². The number of piperidine rings is 1. The number of amides is 1. The van der Waals surface area contributed by atoms with Crippen LogP contribution in [0.15, 0.2) is 12.1 Å². The highest BCUT2D eigenvalue weighted by Gasteiger charge is 2.23. The molecule has 1 aliphatic rings. The summed E-state index contributed by atoms with van der Waals surface area (Å²) in [6.45, 7) is 5.21. The Hall–Kier alpha value is -1.69. The molecule has 1 saturated heterocycles. The molecule has 6 heteroatoms. The van der Waals surface area contributed by atoms with Crippen molar-refractivity contribution >= 4 is 11.7 Å². The first-order valence-corrected chi connectivity index (χ1v) is 7.79. The number of nitrogens with one attached hydrogen (secondary N) is 2. The lowest BCUT2D eigenvalue weighted by atomic mass is 10.0. The molecular formula is C15H25N5O. The summed E-state index contributed by atoms with van der Waals surface area (Å²) >= 11 is 0. The Kier molecular flexibility index (Phi) is 5.92. The molecule has 1 unspecified atom stereocenters. The van der Waals surface area contributed by atoms with Crippen molar-refractivity contribution in [1.82, 2.24) is 20.8 Å². The van der Waals surface area contributed by atoms with Crippen molar-refractivity contribution in [3.05, 3.63) is 17.8 Å². The number of anilines is 1. The maximum Gasteiger partial charge on any atom is 0.271 e. The fourth-order valence-electron chi connectivity index (χ4n) is 2.69. The fourth-order valence-corrected chi connectivity index (χ4v) is 2.69. The Bertz CT molecular complexity index is 448. The highest BCUT2D eigenvalue weighted by molar-refractivity contribution is 5.91. The maximum atomic E-state index is 11.5. The van der Waals surface area contributed by atoms with Gasteiger partial charge in [0.15, 0.2) is 11.5 Å². The van der Waals surface area contributed by atoms with Gasteiger partial charge in [-0.05, 0) is 44.4 Å². The van der Waals surface area contributed by atoms with E-state index < -0.39 is 0 Å². The summed E-state index contributed by atoms with van der Waals surface area (Å²) in [4.78, 5) is 13.8. The second-order valence-electron chi connectivity index (χ2n) is 5.40. The molecule has 116 valence electrons. The highest BCUT2D eigenvalue weighted by Crippen LogP contribution is 2.22. The molecule has 0 spiro atoms. The van der Waals surface area contributed by atoms with Crippen molar-refractivity contribution in [2.24, 2.45) is 0 Å². The van der Waals surface area contributed by atoms with Crippen LogP contribution in [0, 0.1) is 0 Å². The molecule has 0 radical (unpaired) electrons. The zero-order valence-electron chi connectivity index (χ0n) is 12.9. The Morgan fingerprint density at radius 3 is 2.90 bits per heavy atom. The number of nitrogens with zero attached hydrogens (tertiary/aromatic N) is 3. The van der Waals surface area contributed by atoms with E-state index in [0.717, 1.165) is 31.9 Å². The van der Waals surface area contributed by atoms with Gasteiger partial charge in [-0.3, -0.25) is 4.79 Å². The first-order valence-electron chi connectivity index (χ1n) is 7.79. The summed E-state index contributed by atoms with van der Waals surface area (Å²) in [5.74, 6) is 0.666. The van der Waals surface area contributed by atoms with E-state index in [2.05, 4.69) is 32.7 Å². The van der Waals surface area contributed by atoms with Crippen LogP contribution in [0.4, 0.5) is 5.82 Å². The second kappa shape index (κ2) is 7.93. The Labute approximate surface area is 126 Å². The van der Waals surface area contributed by atoms with Crippen LogP contribution >= 0.6 is 0 Å². The normalized spacial score (nSPS) is 18.6. The fraction of sp³-hybridized carbons (Fsp3) is 0.667. The molecule has 2 heterocycles. The molecule has 0 bridgehead atoms. The minimum atomic E-state index is -0.200. The number of hydrogen-bond donors (Lipinski definition) is 2. The number of aromatic nitrogens is 2. The summed E-state index contributed by atoms with van der Waals surface area (Å²) in [5, 5.41) is 14.3. The van der Waals surface area contributed by atoms with Gasteiger partial charge in [-0.15, -0.1) is 10.2 Å². The molecule has 1 aromatic heterocycles. The molecular weight excluding hydrogens is 266 g/mol. The minimum Gasteiger partial charge on any atom is -0.354 e. The third-order valence-corrected chi connectivity index (χ3v) is 3.84. The van der Waals surface area contributed by atoms with Crippen LogP contribution in [-0.4, -0.2) is 48.8 Å². The molecule has 0 saturated carbocycles. The third kappa shape index (κ3) is 4.14. The predicted octanol–water partition coefficient (Wildman–Crippen LogP) is 1.19. The molecule has 2 rings (SSSR count). The van der Waals surface area contributed by atoms with E-state index in [1.165, 1.54) is 19.3 Å². The highest BCUT2D eigenvalue weighted by atomic mass is 16.1. The molecule has 6 nitrogen and oxygen atoms in total. The van der Waals surface area contributed by atoms with Gasteiger partial charge in [-0.1, -0.05) is 6.92 Å². The van der Waals surface area contributed by atoms with Gasteiger partial charge < -0.3 is 15.5 Å². The summed E-state index contributed by atoms with van der Waals surface area (Å²) in [5.41, 5.74) is 0.360. The van der Waals surface area contributed by atoms with E-state index in [1.54, 1.807) is 13.1 Å². The average Bonchev–Trinajstić information content (AvgIpc) is 2.55. The first-order chi connectivity index (χ1) is 10.3. The van der Waals surface area contributed by atoms with Crippen LogP contribution in [0.2, 0.25) is 0 Å². The van der Waals surface area contributed by atoms with Crippen molar-refractivity contribution in [1.29, 1.82) is 0 Å². The summed E-state index contributed by atoms with van der Waals surface area (Å²) in [7, 11) is 1.60. The van der Waals surface area contributed by atoms with Crippen molar-refractivity contribution in [3.63, 3.8) is 0 Å². The third-order valence-electron chi connectivity index (χ3n) is 3.84. The van der Waals surface area contributed by atoms with Crippen LogP contribution < -0.4 is 15.5 Å². The maximum absolute atomic E-state index is 11.5. The van der Waals surface area contributed by atoms with Gasteiger partial charge in [0.2, 0.25) is 0 Å². The van der Waals surface area contributed by atoms with Gasteiger partial charge in [-0.2, -0.15) is 0 Å². The van der Waals surface area contributed by atoms with E-state index in [1.807, 2.05) is 6.07 Å². The number of hydrogen-bond acceptors (Lipinski definition) is 5. The molecule has 1 aliphatic heterocycles. The SMILES string of the molecule is CCCNCC1CCCCN1c1ccc(C(=O)NC)nn1. The standard InChI is InChI=1S/C15H25N5O/c1-3-9-17-11-12-6-4-5-10-20(12)14-8-7-13(18-19-14)15(21)16-2/h7-8,12,17H,3-6,9-11H2,1-2H3,(H,16,21). The molecule has 0 aliphatic carbocycles. The summed E-state index contributed by atoms with van der Waals surface area (Å²) in [6, 6.07) is 4.10. The quantitative estimate of drug-likeness (QED) is 0.771. The van der Waals surface area contributed by atoms with E-state index >= 15 is 0 Å². The Morgan fingerprint density at radius 2 is 2.24 bits per heavy atom. The molecule has 1 amide bonds. The first kappa shape index (κ1) is 15.7. The Morgan fingerprint density at radius 1 is 1.38 bits per heavy atom. The van der Waals surface area contributed by atoms with Crippen LogP contribution in [0.1, 0.15) is 43.1 Å². The topological polar surface area (TPSA) is 70.2 Å². The lowest BCUT2D eigenvalue weighted by Crippen LogP contribution is -2.46. The largest absolute Gasteiger partial charge is 0.354 e. The number of carbonyl (C=O) groups is 1. The number of rotatable bonds is 6. The van der Waals surface area contributed by atoms with Crippen molar-refractivity contribution in [2.75, 3.05) is 31.6 Å². The van der Waals surface area contributed by atoms with Crippen LogP contribution in [0.25, 0.3) is 0 Å². The molecule has 1 atom stereocenters. The van der Waals surface area contributed by atoms with Gasteiger partial charge in [0.25, 0.3) is 5.91 Å². The smallest absolute Gasteiger partial charge is 0.271 e. The van der Waals surface area contributed by atoms with Gasteiger partial charge in [0.05, 0.1) is 0 Å².